The zero-order chi connectivity index (χ0) is 19.9. The van der Waals surface area contributed by atoms with Crippen molar-refractivity contribution < 1.29 is 27.9 Å². The third kappa shape index (κ3) is 5.54. The van der Waals surface area contributed by atoms with Crippen molar-refractivity contribution in [1.29, 1.82) is 0 Å². The molecule has 1 aromatic rings. The second-order valence-electron chi connectivity index (χ2n) is 6.04. The summed E-state index contributed by atoms with van der Waals surface area (Å²) < 4.78 is 32.1. The van der Waals surface area contributed by atoms with Crippen LogP contribution in [-0.4, -0.2) is 67.1 Å². The van der Waals surface area contributed by atoms with Crippen LogP contribution < -0.4 is 0 Å². The predicted octanol–water partition coefficient (Wildman–Crippen LogP) is 1.94. The molecule has 1 heterocycles. The van der Waals surface area contributed by atoms with Gasteiger partial charge in [-0.1, -0.05) is 24.3 Å². The third-order valence-electron chi connectivity index (χ3n) is 4.26. The molecule has 1 unspecified atom stereocenters. The van der Waals surface area contributed by atoms with E-state index in [4.69, 9.17) is 4.74 Å². The molecular formula is C18H24N2O6S. The Morgan fingerprint density at radius 3 is 2.59 bits per heavy atom. The van der Waals surface area contributed by atoms with Gasteiger partial charge in [0.2, 0.25) is 10.0 Å². The van der Waals surface area contributed by atoms with Crippen LogP contribution in [0.1, 0.15) is 19.8 Å². The van der Waals surface area contributed by atoms with Crippen molar-refractivity contribution in [3.63, 3.8) is 0 Å². The first-order valence-corrected chi connectivity index (χ1v) is 10.2. The Balaban J connectivity index is 2.14. The monoisotopic (exact) mass is 396 g/mol. The number of nitrogens with zero attached hydrogens (tertiary/aromatic N) is 2. The molecule has 1 fully saturated rings. The van der Waals surface area contributed by atoms with Crippen molar-refractivity contribution in [2.24, 2.45) is 0 Å². The van der Waals surface area contributed by atoms with Crippen molar-refractivity contribution in [1.82, 2.24) is 9.21 Å². The minimum Gasteiger partial charge on any atom is -0.465 e. The Labute approximate surface area is 159 Å². The van der Waals surface area contributed by atoms with Crippen LogP contribution in [0.4, 0.5) is 4.79 Å². The maximum atomic E-state index is 13.0. The number of benzene rings is 1. The zero-order valence-corrected chi connectivity index (χ0v) is 16.0. The first kappa shape index (κ1) is 20.9. The molecule has 148 valence electrons. The molecular weight excluding hydrogens is 372 g/mol. The molecule has 0 aliphatic carbocycles. The largest absolute Gasteiger partial charge is 0.465 e. The van der Waals surface area contributed by atoms with Gasteiger partial charge in [0.15, 0.2) is 0 Å². The maximum Gasteiger partial charge on any atom is 0.407 e. The molecule has 0 radical (unpaired) electrons. The number of esters is 1. The molecule has 0 spiro atoms. The SMILES string of the molecule is CCOC(=O)/C=C/CCC1CN(C(=O)O)CCN1S(=O)(=O)c1ccccc1. The quantitative estimate of drug-likeness (QED) is 0.558. The number of hydrogen-bond acceptors (Lipinski definition) is 5. The molecule has 0 aromatic heterocycles. The van der Waals surface area contributed by atoms with Gasteiger partial charge in [0.05, 0.1) is 11.5 Å². The van der Waals surface area contributed by atoms with Crippen molar-refractivity contribution in [3.8, 4) is 0 Å². The number of carboxylic acid groups (broad SMARTS) is 1. The number of piperazine rings is 1. The molecule has 1 aliphatic rings. The van der Waals surface area contributed by atoms with E-state index in [1.54, 1.807) is 31.2 Å². The summed E-state index contributed by atoms with van der Waals surface area (Å²) in [6.45, 7) is 2.30. The number of sulfonamides is 1. The first-order valence-electron chi connectivity index (χ1n) is 8.74. The smallest absolute Gasteiger partial charge is 0.407 e. The van der Waals surface area contributed by atoms with E-state index in [2.05, 4.69) is 0 Å². The van der Waals surface area contributed by atoms with E-state index in [0.29, 0.717) is 12.8 Å². The Hall–Kier alpha value is -2.39. The highest BCUT2D eigenvalue weighted by Gasteiger charge is 2.36. The highest BCUT2D eigenvalue weighted by molar-refractivity contribution is 7.89. The van der Waals surface area contributed by atoms with Gasteiger partial charge in [-0.3, -0.25) is 0 Å². The summed E-state index contributed by atoms with van der Waals surface area (Å²) in [5.41, 5.74) is 0. The second-order valence-corrected chi connectivity index (χ2v) is 7.93. The second kappa shape index (κ2) is 9.52. The highest BCUT2D eigenvalue weighted by Crippen LogP contribution is 2.24. The lowest BCUT2D eigenvalue weighted by Gasteiger charge is -2.39. The van der Waals surface area contributed by atoms with Gasteiger partial charge in [0.25, 0.3) is 0 Å². The topological polar surface area (TPSA) is 104 Å². The number of ether oxygens (including phenoxy) is 1. The van der Waals surface area contributed by atoms with E-state index in [0.717, 1.165) is 0 Å². The summed E-state index contributed by atoms with van der Waals surface area (Å²) >= 11 is 0. The van der Waals surface area contributed by atoms with Crippen LogP contribution in [0.25, 0.3) is 0 Å². The summed E-state index contributed by atoms with van der Waals surface area (Å²) in [5, 5.41) is 9.25. The molecule has 9 heteroatoms. The fourth-order valence-corrected chi connectivity index (χ4v) is 4.61. The van der Waals surface area contributed by atoms with Crippen molar-refractivity contribution in [2.45, 2.75) is 30.7 Å². The first-order chi connectivity index (χ1) is 12.9. The fourth-order valence-electron chi connectivity index (χ4n) is 2.95. The maximum absolute atomic E-state index is 13.0. The van der Waals surface area contributed by atoms with Gasteiger partial charge in [0, 0.05) is 31.8 Å². The van der Waals surface area contributed by atoms with E-state index in [9.17, 15) is 23.1 Å². The summed E-state index contributed by atoms with van der Waals surface area (Å²) in [6.07, 6.45) is 2.67. The molecule has 0 saturated carbocycles. The molecule has 1 amide bonds. The standard InChI is InChI=1S/C18H24N2O6S/c1-2-26-17(21)11-7-6-8-15-14-19(18(22)23)12-13-20(15)27(24,25)16-9-4-3-5-10-16/h3-5,7,9-11,15H,2,6,8,12-14H2,1H3,(H,22,23)/b11-7+. The minimum atomic E-state index is -3.72. The van der Waals surface area contributed by atoms with Gasteiger partial charge in [-0.25, -0.2) is 18.0 Å². The minimum absolute atomic E-state index is 0.0919. The van der Waals surface area contributed by atoms with Gasteiger partial charge in [-0.15, -0.1) is 0 Å². The third-order valence-corrected chi connectivity index (χ3v) is 6.22. The number of hydrogen-bond donors (Lipinski definition) is 1. The summed E-state index contributed by atoms with van der Waals surface area (Å²) in [6, 6.07) is 7.58. The Bertz CT molecular complexity index is 778. The average Bonchev–Trinajstić information content (AvgIpc) is 2.66. The molecule has 1 N–H and O–H groups in total. The zero-order valence-electron chi connectivity index (χ0n) is 15.2. The lowest BCUT2D eigenvalue weighted by molar-refractivity contribution is -0.137. The molecule has 1 saturated heterocycles. The van der Waals surface area contributed by atoms with Crippen LogP contribution in [0.5, 0.6) is 0 Å². The molecule has 0 bridgehead atoms. The number of allylic oxidation sites excluding steroid dienone is 1. The van der Waals surface area contributed by atoms with E-state index in [1.807, 2.05) is 0 Å². The van der Waals surface area contributed by atoms with Crippen LogP contribution in [0.15, 0.2) is 47.4 Å². The van der Waals surface area contributed by atoms with E-state index >= 15 is 0 Å². The lowest BCUT2D eigenvalue weighted by Crippen LogP contribution is -2.56. The lowest BCUT2D eigenvalue weighted by atomic mass is 10.1. The fraction of sp³-hybridized carbons (Fsp3) is 0.444. The molecule has 1 aliphatic heterocycles. The average molecular weight is 396 g/mol. The number of carbonyl (C=O) groups excluding carboxylic acids is 1. The molecule has 8 nitrogen and oxygen atoms in total. The predicted molar refractivity (Wildman–Crippen MR) is 98.7 cm³/mol. The van der Waals surface area contributed by atoms with Crippen LogP contribution in [0.2, 0.25) is 0 Å². The summed E-state index contributed by atoms with van der Waals surface area (Å²) in [5.74, 6) is -0.456. The molecule has 2 rings (SSSR count). The normalized spacial score (nSPS) is 18.6. The van der Waals surface area contributed by atoms with Crippen molar-refractivity contribution in [3.05, 3.63) is 42.5 Å². The molecule has 1 aromatic carbocycles. The van der Waals surface area contributed by atoms with E-state index in [-0.39, 0.29) is 31.1 Å². The molecule has 27 heavy (non-hydrogen) atoms. The molecule has 1 atom stereocenters. The summed E-state index contributed by atoms with van der Waals surface area (Å²) in [7, 11) is -3.72. The van der Waals surface area contributed by atoms with Crippen LogP contribution in [0, 0.1) is 0 Å². The van der Waals surface area contributed by atoms with Gasteiger partial charge in [-0.05, 0) is 31.9 Å². The van der Waals surface area contributed by atoms with Gasteiger partial charge in [0.1, 0.15) is 0 Å². The van der Waals surface area contributed by atoms with Crippen molar-refractivity contribution >= 4 is 22.1 Å². The summed E-state index contributed by atoms with van der Waals surface area (Å²) in [4.78, 5) is 24.0. The van der Waals surface area contributed by atoms with Gasteiger partial charge in [-0.2, -0.15) is 4.31 Å². The Morgan fingerprint density at radius 2 is 1.96 bits per heavy atom. The number of carbonyl (C=O) groups is 2. The number of amides is 1. The Morgan fingerprint density at radius 1 is 1.26 bits per heavy atom. The van der Waals surface area contributed by atoms with Crippen LogP contribution in [0.3, 0.4) is 0 Å². The number of rotatable bonds is 7. The van der Waals surface area contributed by atoms with Gasteiger partial charge >= 0.3 is 12.1 Å². The van der Waals surface area contributed by atoms with Gasteiger partial charge < -0.3 is 14.7 Å². The van der Waals surface area contributed by atoms with Crippen LogP contribution >= 0.6 is 0 Å². The Kier molecular flexibility index (Phi) is 7.37. The van der Waals surface area contributed by atoms with Crippen LogP contribution in [-0.2, 0) is 19.6 Å². The van der Waals surface area contributed by atoms with Crippen molar-refractivity contribution in [2.75, 3.05) is 26.2 Å². The van der Waals surface area contributed by atoms with E-state index < -0.39 is 28.1 Å². The van der Waals surface area contributed by atoms with E-state index in [1.165, 1.54) is 27.4 Å². The highest BCUT2D eigenvalue weighted by atomic mass is 32.2.